The SMILES string of the molecule is CCOC(=O)C1=C(C)Nc2ccccc2N=C1NC(=O)CSCc1c(C)noc1C. The summed E-state index contributed by atoms with van der Waals surface area (Å²) < 4.78 is 10.3. The third-order valence-corrected chi connectivity index (χ3v) is 5.43. The molecule has 0 aliphatic carbocycles. The lowest BCUT2D eigenvalue weighted by Crippen LogP contribution is -2.36. The number of ether oxygens (including phenoxy) is 1. The highest BCUT2D eigenvalue weighted by Crippen LogP contribution is 2.30. The molecule has 1 aromatic heterocycles. The summed E-state index contributed by atoms with van der Waals surface area (Å²) in [5.41, 5.74) is 3.93. The van der Waals surface area contributed by atoms with Gasteiger partial charge in [0.1, 0.15) is 17.2 Å². The number of allylic oxidation sites excluding steroid dienone is 1. The van der Waals surface area contributed by atoms with Gasteiger partial charge in [-0.05, 0) is 39.8 Å². The highest BCUT2D eigenvalue weighted by Gasteiger charge is 2.26. The molecule has 3 rings (SSSR count). The number of aromatic nitrogens is 1. The number of amidine groups is 1. The van der Waals surface area contributed by atoms with Crippen LogP contribution in [-0.4, -0.2) is 35.2 Å². The third-order valence-electron chi connectivity index (χ3n) is 4.47. The number of hydrogen-bond donors (Lipinski definition) is 2. The molecular weight excluding hydrogens is 404 g/mol. The molecule has 0 fully saturated rings. The average Bonchev–Trinajstić information content (AvgIpc) is 2.93. The van der Waals surface area contributed by atoms with Crippen LogP contribution in [0.5, 0.6) is 0 Å². The van der Waals surface area contributed by atoms with Gasteiger partial charge in [-0.15, -0.1) is 11.8 Å². The number of amides is 1. The summed E-state index contributed by atoms with van der Waals surface area (Å²) in [6.07, 6.45) is 0. The van der Waals surface area contributed by atoms with Gasteiger partial charge < -0.3 is 19.9 Å². The Hall–Kier alpha value is -3.07. The lowest BCUT2D eigenvalue weighted by Gasteiger charge is -2.13. The van der Waals surface area contributed by atoms with Crippen molar-refractivity contribution in [2.45, 2.75) is 33.4 Å². The Morgan fingerprint density at radius 1 is 1.23 bits per heavy atom. The number of esters is 1. The number of aryl methyl sites for hydroxylation is 2. The van der Waals surface area contributed by atoms with Crippen molar-refractivity contribution in [2.75, 3.05) is 17.7 Å². The van der Waals surface area contributed by atoms with Crippen molar-refractivity contribution in [1.82, 2.24) is 10.5 Å². The number of anilines is 1. The van der Waals surface area contributed by atoms with Crippen LogP contribution < -0.4 is 10.6 Å². The van der Waals surface area contributed by atoms with E-state index in [4.69, 9.17) is 9.26 Å². The number of thioether (sulfide) groups is 1. The molecule has 0 bridgehead atoms. The van der Waals surface area contributed by atoms with Gasteiger partial charge in [0.25, 0.3) is 0 Å². The predicted octanol–water partition coefficient (Wildman–Crippen LogP) is 3.63. The second-order valence-electron chi connectivity index (χ2n) is 6.67. The Labute approximate surface area is 179 Å². The topological polar surface area (TPSA) is 106 Å². The van der Waals surface area contributed by atoms with Crippen LogP contribution in [0.2, 0.25) is 0 Å². The van der Waals surface area contributed by atoms with Crippen LogP contribution in [0.25, 0.3) is 0 Å². The molecule has 30 heavy (non-hydrogen) atoms. The molecule has 0 atom stereocenters. The smallest absolute Gasteiger partial charge is 0.343 e. The van der Waals surface area contributed by atoms with Gasteiger partial charge in [-0.3, -0.25) is 4.79 Å². The van der Waals surface area contributed by atoms with E-state index in [1.807, 2.05) is 38.1 Å². The van der Waals surface area contributed by atoms with E-state index in [2.05, 4.69) is 20.8 Å². The van der Waals surface area contributed by atoms with Crippen molar-refractivity contribution in [3.63, 3.8) is 0 Å². The van der Waals surface area contributed by atoms with Crippen molar-refractivity contribution in [3.8, 4) is 0 Å². The first-order chi connectivity index (χ1) is 14.4. The summed E-state index contributed by atoms with van der Waals surface area (Å²) in [6, 6.07) is 7.37. The van der Waals surface area contributed by atoms with Crippen LogP contribution in [0.15, 0.2) is 45.1 Å². The molecule has 0 spiro atoms. The van der Waals surface area contributed by atoms with E-state index < -0.39 is 5.97 Å². The van der Waals surface area contributed by atoms with E-state index in [0.29, 0.717) is 17.1 Å². The number of para-hydroxylation sites is 2. The van der Waals surface area contributed by atoms with Crippen molar-refractivity contribution in [2.24, 2.45) is 4.99 Å². The molecule has 0 saturated heterocycles. The minimum atomic E-state index is -0.544. The molecule has 1 aliphatic heterocycles. The molecule has 2 heterocycles. The van der Waals surface area contributed by atoms with Gasteiger partial charge in [-0.2, -0.15) is 0 Å². The maximum Gasteiger partial charge on any atom is 0.343 e. The minimum absolute atomic E-state index is 0.173. The molecule has 0 unspecified atom stereocenters. The Bertz CT molecular complexity index is 1010. The standard InChI is InChI=1S/C21H24N4O4S/c1-5-28-21(27)19-13(3)22-16-8-6-7-9-17(16)23-20(19)24-18(26)11-30-10-15-12(2)25-29-14(15)4/h6-9,22H,5,10-11H2,1-4H3,(H,23,24,26). The van der Waals surface area contributed by atoms with Crippen molar-refractivity contribution in [1.29, 1.82) is 0 Å². The van der Waals surface area contributed by atoms with E-state index in [0.717, 1.165) is 22.7 Å². The second-order valence-corrected chi connectivity index (χ2v) is 7.65. The number of hydrogen-bond acceptors (Lipinski definition) is 8. The molecule has 2 aromatic rings. The van der Waals surface area contributed by atoms with Gasteiger partial charge in [0.05, 0.1) is 29.4 Å². The zero-order chi connectivity index (χ0) is 21.7. The molecule has 2 N–H and O–H groups in total. The Morgan fingerprint density at radius 2 is 2.00 bits per heavy atom. The quantitative estimate of drug-likeness (QED) is 0.677. The fourth-order valence-corrected chi connectivity index (χ4v) is 3.94. The monoisotopic (exact) mass is 428 g/mol. The second kappa shape index (κ2) is 9.62. The number of aliphatic imine (C=N–C) groups is 1. The van der Waals surface area contributed by atoms with Gasteiger partial charge in [-0.1, -0.05) is 17.3 Å². The first-order valence-electron chi connectivity index (χ1n) is 9.53. The van der Waals surface area contributed by atoms with Gasteiger partial charge in [0.15, 0.2) is 0 Å². The maximum atomic E-state index is 12.6. The molecule has 0 radical (unpaired) electrons. The molecule has 1 aromatic carbocycles. The van der Waals surface area contributed by atoms with E-state index in [-0.39, 0.29) is 29.7 Å². The highest BCUT2D eigenvalue weighted by molar-refractivity contribution is 7.99. The summed E-state index contributed by atoms with van der Waals surface area (Å²) in [6.45, 7) is 7.42. The molecule has 1 amide bonds. The van der Waals surface area contributed by atoms with Crippen LogP contribution >= 0.6 is 11.8 Å². The van der Waals surface area contributed by atoms with Gasteiger partial charge in [0.2, 0.25) is 5.91 Å². The first-order valence-corrected chi connectivity index (χ1v) is 10.7. The summed E-state index contributed by atoms with van der Waals surface area (Å²) in [7, 11) is 0. The number of nitrogens with zero attached hydrogens (tertiary/aromatic N) is 2. The predicted molar refractivity (Wildman–Crippen MR) is 117 cm³/mol. The minimum Gasteiger partial charge on any atom is -0.462 e. The van der Waals surface area contributed by atoms with Gasteiger partial charge in [0, 0.05) is 17.0 Å². The van der Waals surface area contributed by atoms with Crippen molar-refractivity contribution < 1.29 is 18.8 Å². The van der Waals surface area contributed by atoms with Crippen LogP contribution in [0.4, 0.5) is 11.4 Å². The number of nitrogens with one attached hydrogen (secondary N) is 2. The van der Waals surface area contributed by atoms with E-state index >= 15 is 0 Å². The summed E-state index contributed by atoms with van der Waals surface area (Å²) in [5.74, 6) is 0.904. The highest BCUT2D eigenvalue weighted by atomic mass is 32.2. The average molecular weight is 429 g/mol. The Kier molecular flexibility index (Phi) is 6.94. The maximum absolute atomic E-state index is 12.6. The fraction of sp³-hybridized carbons (Fsp3) is 0.333. The third kappa shape index (κ3) is 4.91. The van der Waals surface area contributed by atoms with E-state index in [1.165, 1.54) is 11.8 Å². The van der Waals surface area contributed by atoms with E-state index in [9.17, 15) is 9.59 Å². The number of carbonyl (C=O) groups excluding carboxylic acids is 2. The summed E-state index contributed by atoms with van der Waals surface area (Å²) >= 11 is 1.43. The summed E-state index contributed by atoms with van der Waals surface area (Å²) in [4.78, 5) is 29.7. The van der Waals surface area contributed by atoms with Crippen molar-refractivity contribution >= 4 is 40.8 Å². The largest absolute Gasteiger partial charge is 0.462 e. The van der Waals surface area contributed by atoms with Gasteiger partial charge in [-0.25, -0.2) is 9.79 Å². The normalized spacial score (nSPS) is 13.1. The molecule has 9 heteroatoms. The number of benzene rings is 1. The molecule has 8 nitrogen and oxygen atoms in total. The molecule has 1 aliphatic rings. The molecule has 158 valence electrons. The number of fused-ring (bicyclic) bond motifs is 1. The number of rotatable bonds is 6. The van der Waals surface area contributed by atoms with Crippen LogP contribution in [0, 0.1) is 13.8 Å². The molecular formula is C21H24N4O4S. The van der Waals surface area contributed by atoms with Crippen LogP contribution in [0.3, 0.4) is 0 Å². The van der Waals surface area contributed by atoms with Crippen LogP contribution in [0.1, 0.15) is 30.9 Å². The van der Waals surface area contributed by atoms with Crippen molar-refractivity contribution in [3.05, 3.63) is 52.6 Å². The number of carbonyl (C=O) groups is 2. The zero-order valence-electron chi connectivity index (χ0n) is 17.4. The van der Waals surface area contributed by atoms with E-state index in [1.54, 1.807) is 13.8 Å². The zero-order valence-corrected chi connectivity index (χ0v) is 18.2. The lowest BCUT2D eigenvalue weighted by atomic mass is 10.2. The van der Waals surface area contributed by atoms with Gasteiger partial charge >= 0.3 is 5.97 Å². The summed E-state index contributed by atoms with van der Waals surface area (Å²) in [5, 5.41) is 9.88. The Balaban J connectivity index is 1.77. The first kappa shape index (κ1) is 21.6. The molecule has 0 saturated carbocycles. The van der Waals surface area contributed by atoms with Crippen LogP contribution in [-0.2, 0) is 20.1 Å². The lowest BCUT2D eigenvalue weighted by molar-refractivity contribution is -0.137. The fourth-order valence-electron chi connectivity index (χ4n) is 2.96. The Morgan fingerprint density at radius 3 is 2.70 bits per heavy atom.